The maximum atomic E-state index is 5.98. The molecule has 1 aromatic heterocycles. The van der Waals surface area contributed by atoms with Crippen molar-refractivity contribution < 1.29 is 14.2 Å². The van der Waals surface area contributed by atoms with Crippen molar-refractivity contribution in [3.8, 4) is 22.8 Å². The van der Waals surface area contributed by atoms with E-state index in [1.54, 1.807) is 0 Å². The van der Waals surface area contributed by atoms with E-state index in [4.69, 9.17) is 19.3 Å². The van der Waals surface area contributed by atoms with Crippen molar-refractivity contribution in [1.29, 1.82) is 0 Å². The first-order valence-corrected chi connectivity index (χ1v) is 12.1. The van der Waals surface area contributed by atoms with Gasteiger partial charge in [0, 0.05) is 43.6 Å². The van der Waals surface area contributed by atoms with Crippen LogP contribution in [-0.4, -0.2) is 47.3 Å². The van der Waals surface area contributed by atoms with Crippen LogP contribution >= 0.6 is 0 Å². The lowest BCUT2D eigenvalue weighted by Crippen LogP contribution is -2.33. The van der Waals surface area contributed by atoms with E-state index in [1.165, 1.54) is 36.8 Å². The van der Waals surface area contributed by atoms with E-state index in [0.717, 1.165) is 61.5 Å². The van der Waals surface area contributed by atoms with Crippen LogP contribution in [0.25, 0.3) is 11.3 Å². The van der Waals surface area contributed by atoms with Gasteiger partial charge < -0.3 is 14.2 Å². The van der Waals surface area contributed by atoms with Crippen LogP contribution in [0.3, 0.4) is 0 Å². The normalized spacial score (nSPS) is 19.5. The van der Waals surface area contributed by atoms with Crippen molar-refractivity contribution in [1.82, 2.24) is 14.7 Å². The summed E-state index contributed by atoms with van der Waals surface area (Å²) in [5, 5.41) is 5.04. The number of benzene rings is 2. The van der Waals surface area contributed by atoms with Gasteiger partial charge in [0.25, 0.3) is 0 Å². The van der Waals surface area contributed by atoms with Crippen LogP contribution in [-0.2, 0) is 17.8 Å². The van der Waals surface area contributed by atoms with E-state index in [9.17, 15) is 0 Å². The third-order valence-electron chi connectivity index (χ3n) is 6.76. The van der Waals surface area contributed by atoms with Gasteiger partial charge in [-0.25, -0.2) is 0 Å². The van der Waals surface area contributed by atoms with Gasteiger partial charge in [0.1, 0.15) is 0 Å². The Morgan fingerprint density at radius 1 is 0.970 bits per heavy atom. The lowest BCUT2D eigenvalue weighted by atomic mass is 10.1. The van der Waals surface area contributed by atoms with Crippen LogP contribution in [0.15, 0.2) is 54.7 Å². The van der Waals surface area contributed by atoms with Crippen molar-refractivity contribution in [3.05, 3.63) is 65.9 Å². The zero-order chi connectivity index (χ0) is 22.0. The molecule has 33 heavy (non-hydrogen) atoms. The predicted octanol–water partition coefficient (Wildman–Crippen LogP) is 4.72. The highest BCUT2D eigenvalue weighted by atomic mass is 16.7. The van der Waals surface area contributed by atoms with Crippen molar-refractivity contribution in [2.75, 3.05) is 26.5 Å². The van der Waals surface area contributed by atoms with Crippen LogP contribution in [0, 0.1) is 5.92 Å². The van der Waals surface area contributed by atoms with Crippen LogP contribution in [0.4, 0.5) is 0 Å². The molecule has 2 fully saturated rings. The minimum Gasteiger partial charge on any atom is -0.454 e. The highest BCUT2D eigenvalue weighted by Gasteiger charge is 2.28. The highest BCUT2D eigenvalue weighted by molar-refractivity contribution is 5.67. The minimum absolute atomic E-state index is 0.282. The number of aromatic nitrogens is 2. The Hall–Kier alpha value is -2.83. The monoisotopic (exact) mass is 445 g/mol. The molecule has 0 N–H and O–H groups in total. The lowest BCUT2D eigenvalue weighted by molar-refractivity contribution is 0.0689. The summed E-state index contributed by atoms with van der Waals surface area (Å²) in [6.45, 7) is 4.97. The average molecular weight is 446 g/mol. The Morgan fingerprint density at radius 2 is 1.85 bits per heavy atom. The maximum Gasteiger partial charge on any atom is 0.231 e. The molecule has 3 aromatic rings. The molecule has 0 bridgehead atoms. The Morgan fingerprint density at radius 3 is 2.67 bits per heavy atom. The molecule has 1 unspecified atom stereocenters. The topological polar surface area (TPSA) is 48.8 Å². The van der Waals surface area contributed by atoms with Crippen molar-refractivity contribution in [2.24, 2.45) is 5.92 Å². The average Bonchev–Trinajstić information content (AvgIpc) is 3.20. The minimum atomic E-state index is 0.282. The molecule has 1 atom stereocenters. The molecule has 172 valence electrons. The molecule has 3 heterocycles. The molecule has 3 aliphatic rings. The molecule has 1 saturated carbocycles. The van der Waals surface area contributed by atoms with Gasteiger partial charge in [-0.05, 0) is 55.4 Å². The molecular weight excluding hydrogens is 414 g/mol. The van der Waals surface area contributed by atoms with Crippen molar-refractivity contribution in [3.63, 3.8) is 0 Å². The van der Waals surface area contributed by atoms with E-state index in [-0.39, 0.29) is 6.79 Å². The Kier molecular flexibility index (Phi) is 5.78. The standard InChI is InChI=1S/C27H31N3O3/c1-2-5-20(6-3-1)15-30-17-23(16-29(14-21-8-9-21)18-24-7-4-12-31-24)27(28-30)22-10-11-25-26(13-22)33-19-32-25/h1-3,5-6,10-11,13,17,21,24H,4,7-9,12,14-16,18-19H2. The Bertz CT molecular complexity index is 1090. The number of hydrogen-bond donors (Lipinski definition) is 0. The first-order valence-electron chi connectivity index (χ1n) is 12.1. The SMILES string of the molecule is c1ccc(Cn2cc(CN(CC3CC3)CC3CCCO3)c(-c3ccc4c(c3)OCO4)n2)cc1. The van der Waals surface area contributed by atoms with Gasteiger partial charge in [-0.2, -0.15) is 5.10 Å². The summed E-state index contributed by atoms with van der Waals surface area (Å²) >= 11 is 0. The summed E-state index contributed by atoms with van der Waals surface area (Å²) in [5.74, 6) is 2.43. The van der Waals surface area contributed by atoms with Crippen molar-refractivity contribution in [2.45, 2.75) is 44.9 Å². The molecule has 0 radical (unpaired) electrons. The molecule has 0 amide bonds. The van der Waals surface area contributed by atoms with Crippen LogP contribution in [0.5, 0.6) is 11.5 Å². The van der Waals surface area contributed by atoms with Gasteiger partial charge in [0.05, 0.1) is 18.3 Å². The van der Waals surface area contributed by atoms with E-state index in [1.807, 2.05) is 6.07 Å². The summed E-state index contributed by atoms with van der Waals surface area (Å²) in [7, 11) is 0. The third-order valence-corrected chi connectivity index (χ3v) is 6.76. The van der Waals surface area contributed by atoms with Gasteiger partial charge in [-0.15, -0.1) is 0 Å². The third kappa shape index (κ3) is 4.92. The summed E-state index contributed by atoms with van der Waals surface area (Å²) in [6.07, 6.45) is 7.64. The quantitative estimate of drug-likeness (QED) is 0.477. The number of rotatable bonds is 9. The largest absolute Gasteiger partial charge is 0.454 e. The second-order valence-corrected chi connectivity index (χ2v) is 9.53. The van der Waals surface area contributed by atoms with E-state index >= 15 is 0 Å². The van der Waals surface area contributed by atoms with Crippen LogP contribution in [0.2, 0.25) is 0 Å². The fourth-order valence-electron chi connectivity index (χ4n) is 4.90. The van der Waals surface area contributed by atoms with Gasteiger partial charge in [-0.1, -0.05) is 30.3 Å². The Labute approximate surface area is 195 Å². The summed E-state index contributed by atoms with van der Waals surface area (Å²) in [5.41, 5.74) is 4.60. The second-order valence-electron chi connectivity index (χ2n) is 9.53. The summed E-state index contributed by atoms with van der Waals surface area (Å²) in [4.78, 5) is 2.59. The zero-order valence-electron chi connectivity index (χ0n) is 19.0. The Balaban J connectivity index is 1.30. The molecule has 6 rings (SSSR count). The molecule has 2 aliphatic heterocycles. The number of ether oxygens (including phenoxy) is 3. The van der Waals surface area contributed by atoms with Crippen molar-refractivity contribution >= 4 is 0 Å². The molecule has 6 nitrogen and oxygen atoms in total. The fraction of sp³-hybridized carbons (Fsp3) is 0.444. The number of hydrogen-bond acceptors (Lipinski definition) is 5. The number of nitrogens with zero attached hydrogens (tertiary/aromatic N) is 3. The first-order chi connectivity index (χ1) is 16.3. The van der Waals surface area contributed by atoms with Gasteiger partial charge in [-0.3, -0.25) is 9.58 Å². The lowest BCUT2D eigenvalue weighted by Gasteiger charge is -2.25. The second kappa shape index (κ2) is 9.20. The smallest absolute Gasteiger partial charge is 0.231 e. The van der Waals surface area contributed by atoms with Gasteiger partial charge in [0.15, 0.2) is 11.5 Å². The summed E-state index contributed by atoms with van der Waals surface area (Å²) in [6, 6.07) is 16.7. The predicted molar refractivity (Wildman–Crippen MR) is 126 cm³/mol. The molecule has 2 aromatic carbocycles. The molecule has 6 heteroatoms. The fourth-order valence-corrected chi connectivity index (χ4v) is 4.90. The van der Waals surface area contributed by atoms with Crippen LogP contribution < -0.4 is 9.47 Å². The summed E-state index contributed by atoms with van der Waals surface area (Å²) < 4.78 is 19.2. The molecular formula is C27H31N3O3. The van der Waals surface area contributed by atoms with E-state index in [2.05, 4.69) is 58.2 Å². The van der Waals surface area contributed by atoms with E-state index < -0.39 is 0 Å². The highest BCUT2D eigenvalue weighted by Crippen LogP contribution is 2.37. The zero-order valence-corrected chi connectivity index (χ0v) is 19.0. The van der Waals surface area contributed by atoms with Gasteiger partial charge >= 0.3 is 0 Å². The molecule has 0 spiro atoms. The number of fused-ring (bicyclic) bond motifs is 1. The van der Waals surface area contributed by atoms with E-state index in [0.29, 0.717) is 6.10 Å². The first kappa shape index (κ1) is 20.8. The van der Waals surface area contributed by atoms with Crippen LogP contribution in [0.1, 0.15) is 36.8 Å². The molecule has 1 aliphatic carbocycles. The van der Waals surface area contributed by atoms with Gasteiger partial charge in [0.2, 0.25) is 6.79 Å². The maximum absolute atomic E-state index is 5.98. The molecule has 1 saturated heterocycles.